The lowest BCUT2D eigenvalue weighted by molar-refractivity contribution is 0.324. The second-order valence-electron chi connectivity index (χ2n) is 8.55. The number of furan rings is 1. The van der Waals surface area contributed by atoms with Gasteiger partial charge in [0.2, 0.25) is 21.5 Å². The quantitative estimate of drug-likeness (QED) is 0.236. The minimum atomic E-state index is -4.00. The minimum absolute atomic E-state index is 0.0929. The summed E-state index contributed by atoms with van der Waals surface area (Å²) in [6, 6.07) is 11.5. The van der Waals surface area contributed by atoms with Crippen molar-refractivity contribution in [2.24, 2.45) is 0 Å². The Kier molecular flexibility index (Phi) is 8.94. The summed E-state index contributed by atoms with van der Waals surface area (Å²) in [5.74, 6) is 2.13. The zero-order chi connectivity index (χ0) is 29.7. The van der Waals surface area contributed by atoms with Gasteiger partial charge in [-0.2, -0.15) is 0 Å². The monoisotopic (exact) mass is 587 g/mol. The number of hydrogen-bond donors (Lipinski definition) is 1. The number of halogens is 1. The van der Waals surface area contributed by atoms with Crippen molar-refractivity contribution in [3.63, 3.8) is 0 Å². The molecule has 0 radical (unpaired) electrons. The molecule has 218 valence electrons. The van der Waals surface area contributed by atoms with E-state index in [1.165, 1.54) is 61.1 Å². The number of ether oxygens (including phenoxy) is 6. The van der Waals surface area contributed by atoms with E-state index in [1.807, 2.05) is 0 Å². The number of benzene rings is 3. The molecule has 4 rings (SSSR count). The van der Waals surface area contributed by atoms with Crippen LogP contribution in [0.2, 0.25) is 0 Å². The van der Waals surface area contributed by atoms with E-state index in [0.29, 0.717) is 56.8 Å². The van der Waals surface area contributed by atoms with Crippen LogP contribution in [0.5, 0.6) is 34.5 Å². The van der Waals surface area contributed by atoms with Gasteiger partial charge in [-0.05, 0) is 59.7 Å². The van der Waals surface area contributed by atoms with Crippen molar-refractivity contribution in [2.75, 3.05) is 42.7 Å². The van der Waals surface area contributed by atoms with Gasteiger partial charge in [-0.25, -0.2) is 17.5 Å². The summed E-state index contributed by atoms with van der Waals surface area (Å²) in [4.78, 5) is -0.0929. The van der Waals surface area contributed by atoms with E-state index in [-0.39, 0.29) is 17.2 Å². The smallest absolute Gasteiger partial charge is 0.240 e. The topological polar surface area (TPSA) is 115 Å². The molecule has 0 fully saturated rings. The Bertz CT molecular complexity index is 1580. The third-order valence-corrected chi connectivity index (χ3v) is 7.76. The van der Waals surface area contributed by atoms with Gasteiger partial charge in [-0.15, -0.1) is 0 Å². The maximum Gasteiger partial charge on any atom is 0.240 e. The SMILES string of the molecule is COc1cc(-c2coc(CNS(=O)(=O)c3ccc(F)cc3)c2-c2cc(OC)c(OC)c(OC)c2)cc(OC)c1OC. The molecule has 1 aromatic heterocycles. The lowest BCUT2D eigenvalue weighted by Gasteiger charge is -2.17. The van der Waals surface area contributed by atoms with Gasteiger partial charge < -0.3 is 32.8 Å². The van der Waals surface area contributed by atoms with E-state index in [9.17, 15) is 12.8 Å². The molecule has 0 saturated heterocycles. The van der Waals surface area contributed by atoms with Crippen LogP contribution in [0.25, 0.3) is 22.3 Å². The van der Waals surface area contributed by atoms with Crippen LogP contribution in [0.4, 0.5) is 4.39 Å². The summed E-state index contributed by atoms with van der Waals surface area (Å²) < 4.78 is 80.9. The Morgan fingerprint density at radius 3 is 1.61 bits per heavy atom. The van der Waals surface area contributed by atoms with Gasteiger partial charge in [0.1, 0.15) is 11.6 Å². The van der Waals surface area contributed by atoms with Gasteiger partial charge in [0.15, 0.2) is 23.0 Å². The fourth-order valence-electron chi connectivity index (χ4n) is 4.38. The number of nitrogens with one attached hydrogen (secondary N) is 1. The van der Waals surface area contributed by atoms with Crippen molar-refractivity contribution in [3.05, 3.63) is 66.4 Å². The lowest BCUT2D eigenvalue weighted by atomic mass is 9.95. The van der Waals surface area contributed by atoms with Crippen LogP contribution < -0.4 is 33.1 Å². The van der Waals surface area contributed by atoms with Crippen molar-refractivity contribution in [1.29, 1.82) is 0 Å². The summed E-state index contributed by atoms with van der Waals surface area (Å²) in [5, 5.41) is 0. The maximum absolute atomic E-state index is 13.4. The Morgan fingerprint density at radius 2 is 1.17 bits per heavy atom. The molecule has 0 aliphatic rings. The third-order valence-electron chi connectivity index (χ3n) is 6.34. The van der Waals surface area contributed by atoms with Gasteiger partial charge in [-0.1, -0.05) is 0 Å². The lowest BCUT2D eigenvalue weighted by Crippen LogP contribution is -2.23. The molecular formula is C29H30FNO9S. The van der Waals surface area contributed by atoms with Gasteiger partial charge in [0, 0.05) is 11.1 Å². The van der Waals surface area contributed by atoms with Crippen LogP contribution in [0.15, 0.2) is 64.1 Å². The van der Waals surface area contributed by atoms with Crippen LogP contribution in [0.3, 0.4) is 0 Å². The third kappa shape index (κ3) is 5.88. The molecule has 0 atom stereocenters. The molecule has 4 aromatic rings. The molecule has 41 heavy (non-hydrogen) atoms. The zero-order valence-electron chi connectivity index (χ0n) is 23.4. The van der Waals surface area contributed by atoms with E-state index < -0.39 is 15.8 Å². The summed E-state index contributed by atoms with van der Waals surface area (Å²) in [7, 11) is 5.00. The van der Waals surface area contributed by atoms with Crippen LogP contribution in [-0.4, -0.2) is 51.1 Å². The Balaban J connectivity index is 1.90. The Hall–Kier alpha value is -4.42. The highest BCUT2D eigenvalue weighted by molar-refractivity contribution is 7.89. The van der Waals surface area contributed by atoms with Crippen molar-refractivity contribution in [2.45, 2.75) is 11.4 Å². The van der Waals surface area contributed by atoms with Gasteiger partial charge in [-0.3, -0.25) is 0 Å². The maximum atomic E-state index is 13.4. The zero-order valence-corrected chi connectivity index (χ0v) is 24.2. The first kappa shape index (κ1) is 29.6. The highest BCUT2D eigenvalue weighted by atomic mass is 32.2. The predicted molar refractivity (Wildman–Crippen MR) is 149 cm³/mol. The average molecular weight is 588 g/mol. The van der Waals surface area contributed by atoms with Crippen molar-refractivity contribution in [1.82, 2.24) is 4.72 Å². The number of rotatable bonds is 12. The average Bonchev–Trinajstić information content (AvgIpc) is 3.42. The van der Waals surface area contributed by atoms with Crippen molar-refractivity contribution < 1.29 is 45.6 Å². The molecule has 3 aromatic carbocycles. The largest absolute Gasteiger partial charge is 0.493 e. The normalized spacial score (nSPS) is 11.2. The molecule has 1 N–H and O–H groups in total. The molecule has 0 spiro atoms. The molecule has 0 aliphatic heterocycles. The second-order valence-corrected chi connectivity index (χ2v) is 10.3. The highest BCUT2D eigenvalue weighted by Crippen LogP contribution is 2.47. The molecule has 0 unspecified atom stereocenters. The van der Waals surface area contributed by atoms with E-state index in [4.69, 9.17) is 32.8 Å². The first-order chi connectivity index (χ1) is 19.7. The van der Waals surface area contributed by atoms with Crippen molar-refractivity contribution in [3.8, 4) is 56.8 Å². The van der Waals surface area contributed by atoms with Crippen LogP contribution >= 0.6 is 0 Å². The fraction of sp³-hybridized carbons (Fsp3) is 0.241. The van der Waals surface area contributed by atoms with Gasteiger partial charge in [0.05, 0.1) is 60.4 Å². The molecule has 0 aliphatic carbocycles. The van der Waals surface area contributed by atoms with Crippen LogP contribution in [0, 0.1) is 5.82 Å². The second kappa shape index (κ2) is 12.4. The number of sulfonamides is 1. The first-order valence-electron chi connectivity index (χ1n) is 12.2. The summed E-state index contributed by atoms with van der Waals surface area (Å²) in [5.41, 5.74) is 2.36. The van der Waals surface area contributed by atoms with Gasteiger partial charge in [0.25, 0.3) is 0 Å². The van der Waals surface area contributed by atoms with E-state index in [1.54, 1.807) is 24.3 Å². The summed E-state index contributed by atoms with van der Waals surface area (Å²) in [6.07, 6.45) is 1.50. The van der Waals surface area contributed by atoms with Crippen LogP contribution in [0.1, 0.15) is 5.76 Å². The van der Waals surface area contributed by atoms with Crippen molar-refractivity contribution >= 4 is 10.0 Å². The van der Waals surface area contributed by atoms with E-state index in [0.717, 1.165) is 12.1 Å². The fourth-order valence-corrected chi connectivity index (χ4v) is 5.36. The molecule has 0 bridgehead atoms. The predicted octanol–water partition coefficient (Wildman–Crippen LogP) is 5.28. The van der Waals surface area contributed by atoms with Gasteiger partial charge >= 0.3 is 0 Å². The molecule has 12 heteroatoms. The standard InChI is InChI=1S/C29H30FNO9S/c1-34-22-11-17(12-23(35-2)28(22)38-5)21-16-40-26(15-31-41(32,33)20-9-7-19(30)8-10-20)27(21)18-13-24(36-3)29(39-6)25(14-18)37-4/h7-14,16,31H,15H2,1-6H3. The Morgan fingerprint density at radius 1 is 0.707 bits per heavy atom. The van der Waals surface area contributed by atoms with Crippen LogP contribution in [-0.2, 0) is 16.6 Å². The van der Waals surface area contributed by atoms with E-state index in [2.05, 4.69) is 4.72 Å². The molecular weight excluding hydrogens is 557 g/mol. The Labute approximate surface area is 237 Å². The number of methoxy groups -OCH3 is 6. The molecule has 0 amide bonds. The van der Waals surface area contributed by atoms with E-state index >= 15 is 0 Å². The molecule has 0 saturated carbocycles. The summed E-state index contributed by atoms with van der Waals surface area (Å²) >= 11 is 0. The molecule has 10 nitrogen and oxygen atoms in total. The summed E-state index contributed by atoms with van der Waals surface area (Å²) in [6.45, 7) is -0.226. The minimum Gasteiger partial charge on any atom is -0.493 e. The molecule has 1 heterocycles. The number of hydrogen-bond acceptors (Lipinski definition) is 9. The highest BCUT2D eigenvalue weighted by Gasteiger charge is 2.25. The first-order valence-corrected chi connectivity index (χ1v) is 13.7.